The van der Waals surface area contributed by atoms with Crippen molar-refractivity contribution in [2.45, 2.75) is 24.9 Å². The molecule has 0 bridgehead atoms. The maximum absolute atomic E-state index is 13.2. The topological polar surface area (TPSA) is 79.5 Å². The Kier molecular flexibility index (Phi) is 6.17. The van der Waals surface area contributed by atoms with Crippen molar-refractivity contribution in [1.82, 2.24) is 5.32 Å². The fourth-order valence-electron chi connectivity index (χ4n) is 3.27. The van der Waals surface area contributed by atoms with E-state index < -0.39 is 6.04 Å². The third-order valence-corrected chi connectivity index (χ3v) is 5.08. The highest BCUT2D eigenvalue weighted by Crippen LogP contribution is 2.24. The Morgan fingerprint density at radius 2 is 1.65 bits per heavy atom. The maximum atomic E-state index is 13.2. The molecule has 3 N–H and O–H groups in total. The molecule has 0 aliphatic heterocycles. The van der Waals surface area contributed by atoms with Crippen LogP contribution in [0.2, 0.25) is 0 Å². The van der Waals surface area contributed by atoms with Crippen LogP contribution in [0, 0.1) is 0 Å². The number of carbonyl (C=O) groups is 2. The number of carbonyl (C=O) groups excluding carboxylic acids is 2. The summed E-state index contributed by atoms with van der Waals surface area (Å²) in [6.07, 6.45) is 2.06. The van der Waals surface area contributed by atoms with Crippen molar-refractivity contribution in [2.24, 2.45) is 0 Å². The van der Waals surface area contributed by atoms with Gasteiger partial charge in [0.1, 0.15) is 11.8 Å². The molecule has 0 saturated heterocycles. The zero-order valence-electron chi connectivity index (χ0n) is 17.3. The van der Waals surface area contributed by atoms with E-state index in [1.807, 2.05) is 60.7 Å². The van der Waals surface area contributed by atoms with Crippen molar-refractivity contribution in [1.29, 1.82) is 0 Å². The van der Waals surface area contributed by atoms with Gasteiger partial charge in [-0.05, 0) is 48.7 Å². The van der Waals surface area contributed by atoms with Crippen LogP contribution in [-0.2, 0) is 4.79 Å². The Balaban J connectivity index is 1.55. The first-order valence-electron chi connectivity index (χ1n) is 10.3. The molecule has 1 atom stereocenters. The molecule has 0 heterocycles. The molecule has 3 aromatic carbocycles. The number of amides is 2. The lowest BCUT2D eigenvalue weighted by atomic mass is 10.0. The number of hydrogen-bond donors (Lipinski definition) is 3. The highest BCUT2D eigenvalue weighted by atomic mass is 16.5. The Hall–Kier alpha value is -3.80. The van der Waals surface area contributed by atoms with Gasteiger partial charge < -0.3 is 20.7 Å². The quantitative estimate of drug-likeness (QED) is 0.510. The summed E-state index contributed by atoms with van der Waals surface area (Å²) in [5.41, 5.74) is 2.72. The minimum atomic E-state index is -0.644. The van der Waals surface area contributed by atoms with Gasteiger partial charge in [-0.3, -0.25) is 9.59 Å². The van der Waals surface area contributed by atoms with Crippen molar-refractivity contribution < 1.29 is 14.3 Å². The number of methoxy groups -OCH3 is 1. The van der Waals surface area contributed by atoms with Gasteiger partial charge in [-0.2, -0.15) is 0 Å². The standard InChI is InChI=1S/C25H25N3O3/c1-31-22-12-6-11-21(16-22)28-25(30)23(17-7-3-2-4-8-17)26-20-10-5-9-18(15-20)24(29)27-19-13-14-19/h2-12,15-16,19,23,26H,13-14H2,1H3,(H,27,29)(H,28,30)/t23-/m0/s1. The van der Waals surface area contributed by atoms with Crippen molar-refractivity contribution in [3.8, 4) is 5.75 Å². The van der Waals surface area contributed by atoms with Crippen LogP contribution < -0.4 is 20.7 Å². The summed E-state index contributed by atoms with van der Waals surface area (Å²) in [5.74, 6) is 0.354. The van der Waals surface area contributed by atoms with Gasteiger partial charge in [0.05, 0.1) is 7.11 Å². The van der Waals surface area contributed by atoms with E-state index in [2.05, 4.69) is 16.0 Å². The predicted molar refractivity (Wildman–Crippen MR) is 121 cm³/mol. The number of hydrogen-bond acceptors (Lipinski definition) is 4. The van der Waals surface area contributed by atoms with E-state index in [1.165, 1.54) is 0 Å². The van der Waals surface area contributed by atoms with Crippen molar-refractivity contribution in [2.75, 3.05) is 17.7 Å². The van der Waals surface area contributed by atoms with Gasteiger partial charge >= 0.3 is 0 Å². The van der Waals surface area contributed by atoms with E-state index in [4.69, 9.17) is 4.74 Å². The Bertz CT molecular complexity index is 1060. The summed E-state index contributed by atoms with van der Waals surface area (Å²) in [6, 6.07) is 23.5. The lowest BCUT2D eigenvalue weighted by molar-refractivity contribution is -0.117. The van der Waals surface area contributed by atoms with Gasteiger partial charge in [-0.25, -0.2) is 0 Å². The molecule has 0 spiro atoms. The Morgan fingerprint density at radius 1 is 0.903 bits per heavy atom. The molecule has 3 aromatic rings. The second-order valence-corrected chi connectivity index (χ2v) is 7.54. The zero-order chi connectivity index (χ0) is 21.6. The molecule has 1 saturated carbocycles. The summed E-state index contributed by atoms with van der Waals surface area (Å²) in [4.78, 5) is 25.6. The molecule has 6 nitrogen and oxygen atoms in total. The lowest BCUT2D eigenvalue weighted by Crippen LogP contribution is -2.28. The Labute approximate surface area is 181 Å². The number of rotatable bonds is 8. The summed E-state index contributed by atoms with van der Waals surface area (Å²) >= 11 is 0. The fraction of sp³-hybridized carbons (Fsp3) is 0.200. The van der Waals surface area contributed by atoms with Gasteiger partial charge in [0.2, 0.25) is 0 Å². The second-order valence-electron chi connectivity index (χ2n) is 7.54. The smallest absolute Gasteiger partial charge is 0.251 e. The number of benzene rings is 3. The van der Waals surface area contributed by atoms with Crippen LogP contribution in [0.3, 0.4) is 0 Å². The maximum Gasteiger partial charge on any atom is 0.251 e. The second kappa shape index (κ2) is 9.34. The van der Waals surface area contributed by atoms with Gasteiger partial charge in [0.15, 0.2) is 0 Å². The van der Waals surface area contributed by atoms with E-state index >= 15 is 0 Å². The first-order chi connectivity index (χ1) is 15.1. The molecule has 6 heteroatoms. The predicted octanol–water partition coefficient (Wildman–Crippen LogP) is 4.38. The SMILES string of the molecule is COc1cccc(NC(=O)[C@@H](Nc2cccc(C(=O)NC3CC3)c2)c2ccccc2)c1. The average Bonchev–Trinajstić information content (AvgIpc) is 3.62. The van der Waals surface area contributed by atoms with E-state index in [0.717, 1.165) is 18.4 Å². The third kappa shape index (κ3) is 5.42. The minimum Gasteiger partial charge on any atom is -0.497 e. The van der Waals surface area contributed by atoms with E-state index in [-0.39, 0.29) is 17.9 Å². The largest absolute Gasteiger partial charge is 0.497 e. The monoisotopic (exact) mass is 415 g/mol. The van der Waals surface area contributed by atoms with Gasteiger partial charge in [-0.15, -0.1) is 0 Å². The molecule has 1 aliphatic rings. The van der Waals surface area contributed by atoms with Crippen LogP contribution in [0.1, 0.15) is 34.8 Å². The van der Waals surface area contributed by atoms with Crippen LogP contribution in [0.25, 0.3) is 0 Å². The van der Waals surface area contributed by atoms with Crippen molar-refractivity contribution >= 4 is 23.2 Å². The third-order valence-electron chi connectivity index (χ3n) is 5.08. The summed E-state index contributed by atoms with van der Waals surface area (Å²) in [5, 5.41) is 9.22. The summed E-state index contributed by atoms with van der Waals surface area (Å²) < 4.78 is 5.24. The normalized spacial score (nSPS) is 13.7. The molecule has 0 radical (unpaired) electrons. The minimum absolute atomic E-state index is 0.0942. The van der Waals surface area contributed by atoms with Crippen LogP contribution in [-0.4, -0.2) is 25.0 Å². The van der Waals surface area contributed by atoms with Crippen LogP contribution in [0.15, 0.2) is 78.9 Å². The first kappa shape index (κ1) is 20.5. The molecule has 4 rings (SSSR count). The van der Waals surface area contributed by atoms with E-state index in [1.54, 1.807) is 25.3 Å². The van der Waals surface area contributed by atoms with E-state index in [0.29, 0.717) is 22.7 Å². The Morgan fingerprint density at radius 3 is 2.39 bits per heavy atom. The first-order valence-corrected chi connectivity index (χ1v) is 10.3. The average molecular weight is 415 g/mol. The summed E-state index contributed by atoms with van der Waals surface area (Å²) in [7, 11) is 1.58. The van der Waals surface area contributed by atoms with Gasteiger partial charge in [0, 0.05) is 29.0 Å². The van der Waals surface area contributed by atoms with Crippen LogP contribution in [0.4, 0.5) is 11.4 Å². The molecule has 31 heavy (non-hydrogen) atoms. The molecular weight excluding hydrogens is 390 g/mol. The van der Waals surface area contributed by atoms with Gasteiger partial charge in [-0.1, -0.05) is 42.5 Å². The fourth-order valence-corrected chi connectivity index (χ4v) is 3.27. The molecule has 1 aliphatic carbocycles. The molecule has 0 aromatic heterocycles. The molecule has 0 unspecified atom stereocenters. The van der Waals surface area contributed by atoms with Crippen LogP contribution in [0.5, 0.6) is 5.75 Å². The van der Waals surface area contributed by atoms with Crippen molar-refractivity contribution in [3.63, 3.8) is 0 Å². The molecule has 1 fully saturated rings. The molecule has 158 valence electrons. The highest BCUT2D eigenvalue weighted by Gasteiger charge is 2.24. The van der Waals surface area contributed by atoms with Gasteiger partial charge in [0.25, 0.3) is 11.8 Å². The lowest BCUT2D eigenvalue weighted by Gasteiger charge is -2.20. The number of nitrogens with one attached hydrogen (secondary N) is 3. The van der Waals surface area contributed by atoms with Crippen molar-refractivity contribution in [3.05, 3.63) is 90.0 Å². The zero-order valence-corrected chi connectivity index (χ0v) is 17.3. The molecule has 2 amide bonds. The molecular formula is C25H25N3O3. The van der Waals surface area contributed by atoms with Crippen LogP contribution >= 0.6 is 0 Å². The number of ether oxygens (including phenoxy) is 1. The van der Waals surface area contributed by atoms with E-state index in [9.17, 15) is 9.59 Å². The number of anilines is 2. The highest BCUT2D eigenvalue weighted by molar-refractivity contribution is 5.98. The summed E-state index contributed by atoms with van der Waals surface area (Å²) in [6.45, 7) is 0.